The molecule has 0 saturated heterocycles. The van der Waals surface area contributed by atoms with Crippen LogP contribution < -0.4 is 14.1 Å². The fraction of sp³-hybridized carbons (Fsp3) is 0.727. The highest BCUT2D eigenvalue weighted by atomic mass is 32.2. The summed E-state index contributed by atoms with van der Waals surface area (Å²) in [5.74, 6) is 2.45. The van der Waals surface area contributed by atoms with E-state index in [0.29, 0.717) is 35.0 Å². The van der Waals surface area contributed by atoms with Gasteiger partial charge in [-0.05, 0) is 98.3 Å². The van der Waals surface area contributed by atoms with E-state index in [1.54, 1.807) is 0 Å². The summed E-state index contributed by atoms with van der Waals surface area (Å²) in [6, 6.07) is 3.80. The van der Waals surface area contributed by atoms with E-state index in [2.05, 4.69) is 13.8 Å². The number of methoxy groups -OCH3 is 1. The molecule has 7 heteroatoms. The van der Waals surface area contributed by atoms with E-state index >= 15 is 0 Å². The molecule has 0 aliphatic heterocycles. The first-order chi connectivity index (χ1) is 13.8. The average Bonchev–Trinajstić information content (AvgIpc) is 3.05. The Morgan fingerprint density at radius 1 is 1.14 bits per heavy atom. The van der Waals surface area contributed by atoms with Gasteiger partial charge < -0.3 is 13.7 Å². The van der Waals surface area contributed by atoms with Crippen LogP contribution in [-0.2, 0) is 21.5 Å². The van der Waals surface area contributed by atoms with Crippen LogP contribution in [0.3, 0.4) is 0 Å². The molecule has 3 aliphatic rings. The lowest BCUT2D eigenvalue weighted by molar-refractivity contribution is -0.0735. The number of hydrogen-bond acceptors (Lipinski definition) is 5. The minimum atomic E-state index is -4.09. The van der Waals surface area contributed by atoms with E-state index in [9.17, 15) is 8.42 Å². The molecular formula is C22H33NO5S. The van der Waals surface area contributed by atoms with Crippen molar-refractivity contribution in [2.75, 3.05) is 13.7 Å². The van der Waals surface area contributed by atoms with Crippen LogP contribution >= 0.6 is 0 Å². The Bertz CT molecular complexity index is 870. The summed E-state index contributed by atoms with van der Waals surface area (Å²) in [6.45, 7) is 5.23. The van der Waals surface area contributed by atoms with Crippen LogP contribution in [0.1, 0.15) is 69.4 Å². The van der Waals surface area contributed by atoms with E-state index in [-0.39, 0.29) is 5.75 Å². The zero-order valence-corrected chi connectivity index (χ0v) is 18.5. The normalized spacial score (nSPS) is 33.5. The summed E-state index contributed by atoms with van der Waals surface area (Å²) in [6.07, 6.45) is 8.39. The number of rotatable bonds is 6. The van der Waals surface area contributed by atoms with Gasteiger partial charge in [0.05, 0.1) is 13.2 Å². The predicted molar refractivity (Wildman–Crippen MR) is 111 cm³/mol. The first-order valence-electron chi connectivity index (χ1n) is 10.9. The van der Waals surface area contributed by atoms with Crippen LogP contribution in [0.2, 0.25) is 0 Å². The van der Waals surface area contributed by atoms with Gasteiger partial charge in [0.1, 0.15) is 0 Å². The fourth-order valence-electron chi connectivity index (χ4n) is 6.81. The Kier molecular flexibility index (Phi) is 5.59. The average molecular weight is 424 g/mol. The molecule has 3 unspecified atom stereocenters. The molecule has 0 spiro atoms. The lowest BCUT2D eigenvalue weighted by Gasteiger charge is -2.52. The number of fused-ring (bicyclic) bond motifs is 5. The first-order valence-corrected chi connectivity index (χ1v) is 12.3. The van der Waals surface area contributed by atoms with E-state index in [0.717, 1.165) is 31.4 Å². The van der Waals surface area contributed by atoms with Gasteiger partial charge in [-0.25, -0.2) is 0 Å². The molecule has 2 saturated carbocycles. The summed E-state index contributed by atoms with van der Waals surface area (Å²) >= 11 is 0. The van der Waals surface area contributed by atoms with E-state index in [1.807, 2.05) is 12.1 Å². The maximum Gasteiger partial charge on any atom is 0.380 e. The minimum Gasteiger partial charge on any atom is -0.493 e. The molecular weight excluding hydrogens is 390 g/mol. The molecule has 0 radical (unpaired) electrons. The molecule has 1 aromatic carbocycles. The summed E-state index contributed by atoms with van der Waals surface area (Å²) in [5.41, 5.74) is 2.77. The number of aryl methyl sites for hydroxylation is 1. The van der Waals surface area contributed by atoms with Crippen LogP contribution in [-0.4, -0.2) is 28.2 Å². The Labute approximate surface area is 174 Å². The number of benzene rings is 1. The van der Waals surface area contributed by atoms with Gasteiger partial charge >= 0.3 is 10.3 Å². The molecule has 2 N–H and O–H groups in total. The monoisotopic (exact) mass is 423 g/mol. The van der Waals surface area contributed by atoms with E-state index in [1.165, 1.54) is 38.4 Å². The molecule has 0 bridgehead atoms. The molecule has 1 aromatic rings. The summed E-state index contributed by atoms with van der Waals surface area (Å²) in [5, 5.41) is 5.08. The molecule has 0 amide bonds. The van der Waals surface area contributed by atoms with Crippen LogP contribution in [0.4, 0.5) is 0 Å². The van der Waals surface area contributed by atoms with Gasteiger partial charge in [-0.3, -0.25) is 0 Å². The highest BCUT2D eigenvalue weighted by molar-refractivity contribution is 7.84. The second-order valence-corrected chi connectivity index (χ2v) is 9.99. The maximum atomic E-state index is 11.4. The highest BCUT2D eigenvalue weighted by Crippen LogP contribution is 2.63. The lowest BCUT2D eigenvalue weighted by atomic mass is 9.54. The summed E-state index contributed by atoms with van der Waals surface area (Å²) < 4.78 is 39.5. The van der Waals surface area contributed by atoms with Gasteiger partial charge in [-0.15, -0.1) is 0 Å². The fourth-order valence-corrected chi connectivity index (χ4v) is 7.19. The van der Waals surface area contributed by atoms with Crippen molar-refractivity contribution in [3.8, 4) is 11.5 Å². The van der Waals surface area contributed by atoms with Crippen molar-refractivity contribution in [1.29, 1.82) is 0 Å². The lowest BCUT2D eigenvalue weighted by Crippen LogP contribution is -2.46. The Hall–Kier alpha value is -1.31. The Balaban J connectivity index is 1.67. The molecule has 162 valence electrons. The van der Waals surface area contributed by atoms with Gasteiger partial charge in [-0.1, -0.05) is 6.92 Å². The molecule has 4 rings (SSSR count). The van der Waals surface area contributed by atoms with Crippen LogP contribution in [0, 0.1) is 17.3 Å². The van der Waals surface area contributed by atoms with Crippen molar-refractivity contribution >= 4 is 10.3 Å². The molecule has 5 atom stereocenters. The zero-order valence-electron chi connectivity index (χ0n) is 17.6. The predicted octanol–water partition coefficient (Wildman–Crippen LogP) is 3.93. The highest BCUT2D eigenvalue weighted by Gasteiger charge is 2.56. The second kappa shape index (κ2) is 7.75. The van der Waals surface area contributed by atoms with Gasteiger partial charge in [0.2, 0.25) is 0 Å². The van der Waals surface area contributed by atoms with Gasteiger partial charge in [-0.2, -0.15) is 13.6 Å². The third-order valence-corrected chi connectivity index (χ3v) is 8.29. The van der Waals surface area contributed by atoms with Crippen LogP contribution in [0.25, 0.3) is 0 Å². The standard InChI is InChI=1S/C22H33NO5S/c1-4-22-11-10-15-16(18(22)8-9-21(22)27-5-2)7-6-14-12-20(28-29(23,24)25)19(26-3)13-17(14)15/h12-13,15-16,18,21H,4-11H2,1-3H3,(H2,23,24,25)/t15?,16?,18?,21-,22-/m0/s1. The van der Waals surface area contributed by atoms with Crippen molar-refractivity contribution in [3.63, 3.8) is 0 Å². The SMILES string of the molecule is CCO[C@H]1CCC2C3CCc4cc(OS(N)(=O)=O)c(OC)cc4C3CC[C@@]21CC. The minimum absolute atomic E-state index is 0.184. The maximum absolute atomic E-state index is 11.4. The zero-order chi connectivity index (χ0) is 20.8. The second-order valence-electron chi connectivity index (χ2n) is 8.84. The van der Waals surface area contributed by atoms with Crippen LogP contribution in [0.5, 0.6) is 11.5 Å². The largest absolute Gasteiger partial charge is 0.493 e. The topological polar surface area (TPSA) is 87.9 Å². The molecule has 2 fully saturated rings. The first kappa shape index (κ1) is 20.9. The quantitative estimate of drug-likeness (QED) is 0.749. The Morgan fingerprint density at radius 2 is 1.93 bits per heavy atom. The molecule has 3 aliphatic carbocycles. The number of ether oxygens (including phenoxy) is 2. The molecule has 6 nitrogen and oxygen atoms in total. The number of nitrogens with two attached hydrogens (primary N) is 1. The van der Waals surface area contributed by atoms with E-state index < -0.39 is 10.3 Å². The molecule has 0 aromatic heterocycles. The van der Waals surface area contributed by atoms with Crippen molar-refractivity contribution in [2.24, 2.45) is 22.4 Å². The number of hydrogen-bond donors (Lipinski definition) is 1. The Morgan fingerprint density at radius 3 is 2.59 bits per heavy atom. The third kappa shape index (κ3) is 3.55. The van der Waals surface area contributed by atoms with Gasteiger partial charge in [0.25, 0.3) is 0 Å². The van der Waals surface area contributed by atoms with Crippen molar-refractivity contribution in [2.45, 2.75) is 70.8 Å². The van der Waals surface area contributed by atoms with Crippen molar-refractivity contribution < 1.29 is 22.1 Å². The van der Waals surface area contributed by atoms with Gasteiger partial charge in [0, 0.05) is 6.61 Å². The van der Waals surface area contributed by atoms with Crippen molar-refractivity contribution in [3.05, 3.63) is 23.3 Å². The smallest absolute Gasteiger partial charge is 0.380 e. The third-order valence-electron chi connectivity index (χ3n) is 7.88. The van der Waals surface area contributed by atoms with E-state index in [4.69, 9.17) is 18.8 Å². The molecule has 0 heterocycles. The van der Waals surface area contributed by atoms with Crippen LogP contribution in [0.15, 0.2) is 12.1 Å². The van der Waals surface area contributed by atoms with Crippen molar-refractivity contribution in [1.82, 2.24) is 0 Å². The summed E-state index contributed by atoms with van der Waals surface area (Å²) in [4.78, 5) is 0. The molecule has 29 heavy (non-hydrogen) atoms. The van der Waals surface area contributed by atoms with Gasteiger partial charge in [0.15, 0.2) is 11.5 Å². The summed E-state index contributed by atoms with van der Waals surface area (Å²) in [7, 11) is -2.56.